The lowest BCUT2D eigenvalue weighted by Gasteiger charge is -2.34. The van der Waals surface area contributed by atoms with Gasteiger partial charge in [0.15, 0.2) is 0 Å². The van der Waals surface area contributed by atoms with Gasteiger partial charge in [0.05, 0.1) is 19.8 Å². The zero-order valence-corrected chi connectivity index (χ0v) is 12.8. The van der Waals surface area contributed by atoms with Crippen molar-refractivity contribution >= 4 is 5.91 Å². The number of hydrogen-bond donors (Lipinski definition) is 1. The molecule has 2 heterocycles. The van der Waals surface area contributed by atoms with Crippen LogP contribution in [0, 0.1) is 0 Å². The number of morpholine rings is 1. The number of likely N-dealkylation sites (N-methyl/N-ethyl adjacent to an activating group) is 1. The van der Waals surface area contributed by atoms with Crippen molar-refractivity contribution < 1.29 is 14.1 Å². The Labute approximate surface area is 124 Å². The van der Waals surface area contributed by atoms with Crippen molar-refractivity contribution in [3.63, 3.8) is 0 Å². The molecule has 0 radical (unpaired) electrons. The molecule has 0 spiro atoms. The number of aromatic nitrogens is 2. The van der Waals surface area contributed by atoms with Crippen molar-refractivity contribution in [2.24, 2.45) is 0 Å². The van der Waals surface area contributed by atoms with E-state index in [1.165, 1.54) is 7.05 Å². The summed E-state index contributed by atoms with van der Waals surface area (Å²) in [7, 11) is 3.54. The van der Waals surface area contributed by atoms with E-state index in [2.05, 4.69) is 32.2 Å². The Morgan fingerprint density at radius 1 is 1.48 bits per heavy atom. The molecule has 1 amide bonds. The van der Waals surface area contributed by atoms with Gasteiger partial charge in [-0.3, -0.25) is 14.6 Å². The quantitative estimate of drug-likeness (QED) is 0.763. The van der Waals surface area contributed by atoms with Gasteiger partial charge in [0.2, 0.25) is 5.89 Å². The molecule has 8 heteroatoms. The summed E-state index contributed by atoms with van der Waals surface area (Å²) in [6.45, 7) is 7.15. The molecule has 1 saturated heterocycles. The number of rotatable bonds is 6. The third kappa shape index (κ3) is 4.48. The average molecular weight is 297 g/mol. The standard InChI is InChI=1S/C13H23N5O3/c1-10(18-4-6-20-7-5-18)8-17(3)9-11-15-12(16-21-11)13(19)14-2/h10H,4-9H2,1-3H3,(H,14,19)/t10-/m1/s1. The third-order valence-electron chi connectivity index (χ3n) is 3.55. The fourth-order valence-corrected chi connectivity index (χ4v) is 2.40. The van der Waals surface area contributed by atoms with Gasteiger partial charge in [-0.25, -0.2) is 0 Å². The Bertz CT molecular complexity index is 458. The molecule has 0 saturated carbocycles. The van der Waals surface area contributed by atoms with Crippen molar-refractivity contribution in [2.45, 2.75) is 19.5 Å². The molecule has 1 aromatic heterocycles. The van der Waals surface area contributed by atoms with Crippen LogP contribution in [0.4, 0.5) is 0 Å². The average Bonchev–Trinajstić information content (AvgIpc) is 2.95. The van der Waals surface area contributed by atoms with Crippen LogP contribution >= 0.6 is 0 Å². The van der Waals surface area contributed by atoms with E-state index >= 15 is 0 Å². The van der Waals surface area contributed by atoms with Crippen LogP contribution < -0.4 is 5.32 Å². The summed E-state index contributed by atoms with van der Waals surface area (Å²) in [4.78, 5) is 20.0. The van der Waals surface area contributed by atoms with Gasteiger partial charge >= 0.3 is 0 Å². The highest BCUT2D eigenvalue weighted by atomic mass is 16.5. The predicted molar refractivity (Wildman–Crippen MR) is 75.9 cm³/mol. The second kappa shape index (κ2) is 7.48. The van der Waals surface area contributed by atoms with Gasteiger partial charge in [0.25, 0.3) is 11.7 Å². The third-order valence-corrected chi connectivity index (χ3v) is 3.55. The minimum atomic E-state index is -0.339. The molecule has 0 aliphatic carbocycles. The van der Waals surface area contributed by atoms with E-state index in [1.807, 2.05) is 7.05 Å². The highest BCUT2D eigenvalue weighted by Crippen LogP contribution is 2.07. The second-order valence-corrected chi connectivity index (χ2v) is 5.28. The molecule has 1 N–H and O–H groups in total. The fourth-order valence-electron chi connectivity index (χ4n) is 2.40. The van der Waals surface area contributed by atoms with E-state index in [0.29, 0.717) is 18.5 Å². The van der Waals surface area contributed by atoms with Gasteiger partial charge in [-0.15, -0.1) is 0 Å². The first-order chi connectivity index (χ1) is 10.1. The molecule has 21 heavy (non-hydrogen) atoms. The van der Waals surface area contributed by atoms with Crippen molar-refractivity contribution in [2.75, 3.05) is 46.9 Å². The van der Waals surface area contributed by atoms with Crippen LogP contribution in [0.2, 0.25) is 0 Å². The van der Waals surface area contributed by atoms with Crippen molar-refractivity contribution in [1.82, 2.24) is 25.3 Å². The molecule has 2 rings (SSSR count). The molecular weight excluding hydrogens is 274 g/mol. The van der Waals surface area contributed by atoms with Gasteiger partial charge < -0.3 is 14.6 Å². The zero-order chi connectivity index (χ0) is 15.2. The number of nitrogens with one attached hydrogen (secondary N) is 1. The van der Waals surface area contributed by atoms with Crippen LogP contribution in [-0.4, -0.2) is 78.8 Å². The molecule has 1 aromatic rings. The second-order valence-electron chi connectivity index (χ2n) is 5.28. The monoisotopic (exact) mass is 297 g/mol. The van der Waals surface area contributed by atoms with Gasteiger partial charge in [-0.05, 0) is 14.0 Å². The smallest absolute Gasteiger partial charge is 0.292 e. The zero-order valence-electron chi connectivity index (χ0n) is 12.8. The van der Waals surface area contributed by atoms with Gasteiger partial charge in [0.1, 0.15) is 0 Å². The SMILES string of the molecule is CNC(=O)c1noc(CN(C)C[C@@H](C)N2CCOCC2)n1. The first-order valence-corrected chi connectivity index (χ1v) is 7.15. The van der Waals surface area contributed by atoms with Crippen molar-refractivity contribution in [3.05, 3.63) is 11.7 Å². The summed E-state index contributed by atoms with van der Waals surface area (Å²) in [5.41, 5.74) is 0. The molecule has 0 unspecified atom stereocenters. The molecule has 1 aliphatic heterocycles. The lowest BCUT2D eigenvalue weighted by Crippen LogP contribution is -2.46. The van der Waals surface area contributed by atoms with Crippen LogP contribution in [0.15, 0.2) is 4.52 Å². The molecule has 1 atom stereocenters. The van der Waals surface area contributed by atoms with E-state index in [0.717, 1.165) is 32.8 Å². The van der Waals surface area contributed by atoms with Crippen LogP contribution in [0.25, 0.3) is 0 Å². The number of amides is 1. The Hall–Kier alpha value is -1.51. The van der Waals surface area contributed by atoms with E-state index in [4.69, 9.17) is 9.26 Å². The van der Waals surface area contributed by atoms with Crippen LogP contribution in [0.5, 0.6) is 0 Å². The molecule has 0 aromatic carbocycles. The number of hydrogen-bond acceptors (Lipinski definition) is 7. The molecule has 8 nitrogen and oxygen atoms in total. The minimum Gasteiger partial charge on any atom is -0.379 e. The highest BCUT2D eigenvalue weighted by Gasteiger charge is 2.20. The normalized spacial score (nSPS) is 17.9. The Morgan fingerprint density at radius 2 is 2.19 bits per heavy atom. The lowest BCUT2D eigenvalue weighted by atomic mass is 10.2. The minimum absolute atomic E-state index is 0.0714. The Kier molecular flexibility index (Phi) is 5.66. The summed E-state index contributed by atoms with van der Waals surface area (Å²) < 4.78 is 10.4. The molecule has 118 valence electrons. The summed E-state index contributed by atoms with van der Waals surface area (Å²) in [6.07, 6.45) is 0. The number of carbonyl (C=O) groups is 1. The largest absolute Gasteiger partial charge is 0.379 e. The highest BCUT2D eigenvalue weighted by molar-refractivity contribution is 5.89. The summed E-state index contributed by atoms with van der Waals surface area (Å²) >= 11 is 0. The molecule has 0 bridgehead atoms. The summed E-state index contributed by atoms with van der Waals surface area (Å²) in [5.74, 6) is 0.182. The van der Waals surface area contributed by atoms with E-state index in [9.17, 15) is 4.79 Å². The van der Waals surface area contributed by atoms with Crippen LogP contribution in [0.1, 0.15) is 23.4 Å². The molecule has 1 fully saturated rings. The van der Waals surface area contributed by atoms with Gasteiger partial charge in [0, 0.05) is 32.7 Å². The van der Waals surface area contributed by atoms with E-state index in [-0.39, 0.29) is 11.7 Å². The van der Waals surface area contributed by atoms with E-state index < -0.39 is 0 Å². The summed E-state index contributed by atoms with van der Waals surface area (Å²) in [6, 6.07) is 0.431. The maximum absolute atomic E-state index is 11.4. The Balaban J connectivity index is 1.81. The lowest BCUT2D eigenvalue weighted by molar-refractivity contribution is 0.0132. The number of carbonyl (C=O) groups excluding carboxylic acids is 1. The summed E-state index contributed by atoms with van der Waals surface area (Å²) in [5, 5.41) is 6.12. The van der Waals surface area contributed by atoms with Crippen molar-refractivity contribution in [3.8, 4) is 0 Å². The maximum atomic E-state index is 11.4. The molecule has 1 aliphatic rings. The topological polar surface area (TPSA) is 83.7 Å². The maximum Gasteiger partial charge on any atom is 0.292 e. The van der Waals surface area contributed by atoms with Gasteiger partial charge in [-0.1, -0.05) is 5.16 Å². The van der Waals surface area contributed by atoms with E-state index in [1.54, 1.807) is 0 Å². The number of ether oxygens (including phenoxy) is 1. The van der Waals surface area contributed by atoms with Crippen molar-refractivity contribution in [1.29, 1.82) is 0 Å². The van der Waals surface area contributed by atoms with Crippen LogP contribution in [-0.2, 0) is 11.3 Å². The fraction of sp³-hybridized carbons (Fsp3) is 0.769. The number of nitrogens with zero attached hydrogens (tertiary/aromatic N) is 4. The van der Waals surface area contributed by atoms with Gasteiger partial charge in [-0.2, -0.15) is 4.98 Å². The van der Waals surface area contributed by atoms with Crippen LogP contribution in [0.3, 0.4) is 0 Å². The predicted octanol–water partition coefficient (Wildman–Crippen LogP) is -0.418. The first-order valence-electron chi connectivity index (χ1n) is 7.15. The Morgan fingerprint density at radius 3 is 2.86 bits per heavy atom. The molecular formula is C13H23N5O3. The first kappa shape index (κ1) is 15.9.